The highest BCUT2D eigenvalue weighted by molar-refractivity contribution is 5.72. The van der Waals surface area contributed by atoms with E-state index in [0.29, 0.717) is 0 Å². The Morgan fingerprint density at radius 2 is 2.08 bits per heavy atom. The van der Waals surface area contributed by atoms with E-state index in [0.717, 1.165) is 16.7 Å². The van der Waals surface area contributed by atoms with Crippen molar-refractivity contribution in [2.75, 3.05) is 0 Å². The number of hydrogen-bond acceptors (Lipinski definition) is 2. The predicted octanol–water partition coefficient (Wildman–Crippen LogP) is -0.664. The first-order valence-electron chi connectivity index (χ1n) is 4.13. The van der Waals surface area contributed by atoms with Gasteiger partial charge in [0.25, 0.3) is 0 Å². The first-order chi connectivity index (χ1) is 6.02. The van der Waals surface area contributed by atoms with Crippen molar-refractivity contribution in [3.63, 3.8) is 0 Å². The molecule has 0 unspecified atom stereocenters. The fourth-order valence-electron chi connectivity index (χ4n) is 1.26. The summed E-state index contributed by atoms with van der Waals surface area (Å²) >= 11 is 0. The van der Waals surface area contributed by atoms with E-state index in [-0.39, 0.29) is 0 Å². The molecule has 0 aliphatic carbocycles. The van der Waals surface area contributed by atoms with Crippen LogP contribution in [-0.2, 0) is 4.79 Å². The fraction of sp³-hybridized carbons (Fsp3) is 0.300. The van der Waals surface area contributed by atoms with Gasteiger partial charge in [-0.2, -0.15) is 0 Å². The summed E-state index contributed by atoms with van der Waals surface area (Å²) in [5.74, 6) is -1.13. The van der Waals surface area contributed by atoms with Gasteiger partial charge in [-0.25, -0.2) is 0 Å². The van der Waals surface area contributed by atoms with E-state index in [9.17, 15) is 9.90 Å². The van der Waals surface area contributed by atoms with Gasteiger partial charge in [-0.05, 0) is 25.5 Å². The summed E-state index contributed by atoms with van der Waals surface area (Å²) in [7, 11) is 0. The van der Waals surface area contributed by atoms with Gasteiger partial charge in [-0.1, -0.05) is 17.7 Å². The Bertz CT molecular complexity index is 334. The Hall–Kier alpha value is -1.35. The Labute approximate surface area is 77.2 Å². The molecule has 70 valence electrons. The molecule has 1 rings (SSSR count). The smallest absolute Gasteiger partial charge is 0.150 e. The van der Waals surface area contributed by atoms with Gasteiger partial charge in [-0.3, -0.25) is 0 Å². The lowest BCUT2D eigenvalue weighted by Gasteiger charge is -2.12. The second-order valence-electron chi connectivity index (χ2n) is 3.23. The van der Waals surface area contributed by atoms with Crippen LogP contribution in [0.5, 0.6) is 0 Å². The first kappa shape index (κ1) is 9.74. The number of rotatable bonds is 2. The van der Waals surface area contributed by atoms with Crippen LogP contribution in [-0.4, -0.2) is 5.97 Å². The Morgan fingerprint density at radius 1 is 1.46 bits per heavy atom. The minimum Gasteiger partial charge on any atom is -0.544 e. The minimum atomic E-state index is -1.13. The van der Waals surface area contributed by atoms with Gasteiger partial charge >= 0.3 is 0 Å². The van der Waals surface area contributed by atoms with Crippen molar-refractivity contribution in [3.8, 4) is 0 Å². The maximum Gasteiger partial charge on any atom is 0.150 e. The summed E-state index contributed by atoms with van der Waals surface area (Å²) in [5, 5.41) is 10.6. The van der Waals surface area contributed by atoms with Gasteiger partial charge in [0.05, 0.1) is 0 Å². The van der Waals surface area contributed by atoms with Gasteiger partial charge in [0.1, 0.15) is 5.97 Å². The van der Waals surface area contributed by atoms with E-state index < -0.39 is 12.0 Å². The monoisotopic (exact) mass is 179 g/mol. The third-order valence-corrected chi connectivity index (χ3v) is 2.09. The topological polar surface area (TPSA) is 67.8 Å². The average molecular weight is 179 g/mol. The zero-order valence-corrected chi connectivity index (χ0v) is 7.83. The van der Waals surface area contributed by atoms with E-state index in [1.165, 1.54) is 0 Å². The number of hydrogen-bond donors (Lipinski definition) is 1. The fourth-order valence-corrected chi connectivity index (χ4v) is 1.26. The summed E-state index contributed by atoms with van der Waals surface area (Å²) in [5.41, 5.74) is 6.26. The zero-order chi connectivity index (χ0) is 10.0. The highest BCUT2D eigenvalue weighted by atomic mass is 16.4. The Kier molecular flexibility index (Phi) is 2.68. The largest absolute Gasteiger partial charge is 0.544 e. The summed E-state index contributed by atoms with van der Waals surface area (Å²) in [6, 6.07) is 4.90. The maximum absolute atomic E-state index is 10.6. The molecule has 0 spiro atoms. The molecule has 3 heteroatoms. The van der Waals surface area contributed by atoms with Crippen molar-refractivity contribution < 1.29 is 15.6 Å². The predicted molar refractivity (Wildman–Crippen MR) is 46.6 cm³/mol. The summed E-state index contributed by atoms with van der Waals surface area (Å²) in [6.07, 6.45) is 0. The van der Waals surface area contributed by atoms with Crippen molar-refractivity contribution in [3.05, 3.63) is 34.9 Å². The number of aliphatic carboxylic acids is 1. The number of carbonyl (C=O) groups is 1. The lowest BCUT2D eigenvalue weighted by molar-refractivity contribution is -0.443. The molecule has 0 aliphatic heterocycles. The zero-order valence-electron chi connectivity index (χ0n) is 7.83. The van der Waals surface area contributed by atoms with Crippen LogP contribution in [0.1, 0.15) is 22.7 Å². The van der Waals surface area contributed by atoms with Crippen LogP contribution < -0.4 is 10.8 Å². The van der Waals surface area contributed by atoms with Crippen LogP contribution in [0.4, 0.5) is 0 Å². The summed E-state index contributed by atoms with van der Waals surface area (Å²) in [6.45, 7) is 3.79. The molecule has 1 aromatic carbocycles. The van der Waals surface area contributed by atoms with Crippen molar-refractivity contribution in [2.24, 2.45) is 0 Å². The van der Waals surface area contributed by atoms with Crippen LogP contribution in [0.15, 0.2) is 18.2 Å². The van der Waals surface area contributed by atoms with Crippen LogP contribution in [0.2, 0.25) is 0 Å². The quantitative estimate of drug-likeness (QED) is 0.654. The number of aryl methyl sites for hydroxylation is 2. The molecule has 0 aliphatic rings. The molecule has 0 amide bonds. The van der Waals surface area contributed by atoms with E-state index in [4.69, 9.17) is 0 Å². The molecule has 0 fully saturated rings. The van der Waals surface area contributed by atoms with Crippen LogP contribution in [0.3, 0.4) is 0 Å². The maximum atomic E-state index is 10.6. The highest BCUT2D eigenvalue weighted by Crippen LogP contribution is 2.15. The minimum absolute atomic E-state index is 0.736. The molecule has 0 saturated heterocycles. The molecule has 1 aromatic rings. The molecular formula is C10H13NO2. The normalized spacial score (nSPS) is 12.5. The van der Waals surface area contributed by atoms with E-state index in [2.05, 4.69) is 5.73 Å². The Morgan fingerprint density at radius 3 is 2.62 bits per heavy atom. The summed E-state index contributed by atoms with van der Waals surface area (Å²) in [4.78, 5) is 10.6. The van der Waals surface area contributed by atoms with Crippen molar-refractivity contribution in [1.29, 1.82) is 0 Å². The lowest BCUT2D eigenvalue weighted by atomic mass is 10.00. The molecule has 0 radical (unpaired) electrons. The van der Waals surface area contributed by atoms with Crippen LogP contribution in [0.25, 0.3) is 0 Å². The average Bonchev–Trinajstić information content (AvgIpc) is 2.08. The number of carboxylic acids is 1. The molecule has 0 heterocycles. The van der Waals surface area contributed by atoms with Crippen LogP contribution in [0, 0.1) is 13.8 Å². The molecule has 0 saturated carbocycles. The molecule has 3 nitrogen and oxygen atoms in total. The molecular weight excluding hydrogens is 166 g/mol. The third kappa shape index (κ3) is 2.06. The van der Waals surface area contributed by atoms with Gasteiger partial charge in [0.2, 0.25) is 0 Å². The molecule has 3 N–H and O–H groups in total. The van der Waals surface area contributed by atoms with Gasteiger partial charge in [0, 0.05) is 5.56 Å². The number of benzene rings is 1. The van der Waals surface area contributed by atoms with E-state index >= 15 is 0 Å². The lowest BCUT2D eigenvalue weighted by Crippen LogP contribution is -2.61. The summed E-state index contributed by atoms with van der Waals surface area (Å²) < 4.78 is 0. The highest BCUT2D eigenvalue weighted by Gasteiger charge is 2.12. The van der Waals surface area contributed by atoms with Crippen molar-refractivity contribution in [1.82, 2.24) is 0 Å². The number of carbonyl (C=O) groups excluding carboxylic acids is 1. The van der Waals surface area contributed by atoms with Crippen LogP contribution >= 0.6 is 0 Å². The van der Waals surface area contributed by atoms with E-state index in [1.807, 2.05) is 32.0 Å². The van der Waals surface area contributed by atoms with Crippen molar-refractivity contribution in [2.45, 2.75) is 19.9 Å². The molecule has 0 aromatic heterocycles. The standard InChI is InChI=1S/C10H13NO2/c1-6-3-4-7(2)8(5-6)9(11)10(12)13/h3-5,9H,11H2,1-2H3,(H,12,13)/t9-/m0/s1. The molecule has 0 bridgehead atoms. The van der Waals surface area contributed by atoms with Gasteiger partial charge in [0.15, 0.2) is 6.04 Å². The van der Waals surface area contributed by atoms with Gasteiger partial charge < -0.3 is 15.6 Å². The Balaban J connectivity index is 3.12. The second-order valence-corrected chi connectivity index (χ2v) is 3.23. The number of carboxylic acid groups (broad SMARTS) is 1. The second kappa shape index (κ2) is 3.58. The number of quaternary nitrogens is 1. The third-order valence-electron chi connectivity index (χ3n) is 2.09. The van der Waals surface area contributed by atoms with Gasteiger partial charge in [-0.15, -0.1) is 0 Å². The van der Waals surface area contributed by atoms with Crippen molar-refractivity contribution >= 4 is 5.97 Å². The van der Waals surface area contributed by atoms with E-state index in [1.54, 1.807) is 0 Å². The molecule has 1 atom stereocenters. The SMILES string of the molecule is Cc1ccc(C)c([C@H]([NH3+])C(=O)[O-])c1. The molecule has 13 heavy (non-hydrogen) atoms. The first-order valence-corrected chi connectivity index (χ1v) is 4.13.